The van der Waals surface area contributed by atoms with E-state index in [9.17, 15) is 18.0 Å². The van der Waals surface area contributed by atoms with Gasteiger partial charge in [0.2, 0.25) is 0 Å². The number of benzene rings is 1. The molecule has 0 amide bonds. The number of Topliss-reactive ketones (excluding diaryl/α,β-unsaturated/α-hetero) is 1. The zero-order valence-electron chi connectivity index (χ0n) is 10.0. The van der Waals surface area contributed by atoms with Crippen LogP contribution >= 0.6 is 0 Å². The Bertz CT molecular complexity index is 561. The van der Waals surface area contributed by atoms with E-state index in [-0.39, 0.29) is 5.78 Å². The Kier molecular flexibility index (Phi) is 3.33. The first-order valence-corrected chi connectivity index (χ1v) is 5.50. The largest absolute Gasteiger partial charge is 0.416 e. The zero-order chi connectivity index (χ0) is 14.0. The summed E-state index contributed by atoms with van der Waals surface area (Å²) >= 11 is 0. The fourth-order valence-electron chi connectivity index (χ4n) is 1.61. The molecule has 6 heteroatoms. The maximum Gasteiger partial charge on any atom is 0.416 e. The van der Waals surface area contributed by atoms with Gasteiger partial charge in [-0.25, -0.2) is 0 Å². The minimum Gasteiger partial charge on any atom is -0.293 e. The highest BCUT2D eigenvalue weighted by Gasteiger charge is 2.30. The number of hydrogen-bond acceptors (Lipinski definition) is 3. The number of anilines is 1. The highest BCUT2D eigenvalue weighted by molar-refractivity contribution is 5.93. The van der Waals surface area contributed by atoms with Crippen LogP contribution in [-0.2, 0) is 11.0 Å². The van der Waals surface area contributed by atoms with Crippen molar-refractivity contribution in [3.05, 3.63) is 53.9 Å². The number of carbonyl (C=O) groups is 1. The van der Waals surface area contributed by atoms with Gasteiger partial charge < -0.3 is 0 Å². The molecule has 0 atom stereocenters. The maximum absolute atomic E-state index is 12.6. The van der Waals surface area contributed by atoms with Crippen LogP contribution in [0.2, 0.25) is 0 Å². The fraction of sp³-hybridized carbons (Fsp3) is 0.154. The number of halogens is 3. The molecule has 0 spiro atoms. The third-order valence-corrected chi connectivity index (χ3v) is 2.57. The van der Waals surface area contributed by atoms with Crippen molar-refractivity contribution in [3.8, 4) is 0 Å². The molecule has 1 aliphatic heterocycles. The SMILES string of the molecule is CC(=O)C1=CC=CN(c2cccc(C(F)(F)F)c2)N1. The first-order valence-electron chi connectivity index (χ1n) is 5.50. The van der Waals surface area contributed by atoms with Crippen molar-refractivity contribution < 1.29 is 18.0 Å². The van der Waals surface area contributed by atoms with Crippen molar-refractivity contribution in [1.29, 1.82) is 0 Å². The molecule has 0 saturated carbocycles. The van der Waals surface area contributed by atoms with Gasteiger partial charge in [-0.1, -0.05) is 6.07 Å². The average molecular weight is 268 g/mol. The first kappa shape index (κ1) is 13.2. The third-order valence-electron chi connectivity index (χ3n) is 2.57. The number of rotatable bonds is 2. The average Bonchev–Trinajstić information content (AvgIpc) is 2.38. The van der Waals surface area contributed by atoms with Crippen LogP contribution in [0.4, 0.5) is 18.9 Å². The van der Waals surface area contributed by atoms with Crippen molar-refractivity contribution in [3.63, 3.8) is 0 Å². The fourth-order valence-corrected chi connectivity index (χ4v) is 1.61. The van der Waals surface area contributed by atoms with Gasteiger partial charge in [0.25, 0.3) is 0 Å². The molecule has 100 valence electrons. The molecule has 0 saturated heterocycles. The summed E-state index contributed by atoms with van der Waals surface area (Å²) in [5.74, 6) is -0.193. The number of alkyl halides is 3. The summed E-state index contributed by atoms with van der Waals surface area (Å²) in [5, 5.41) is 1.37. The second kappa shape index (κ2) is 4.79. The molecule has 1 aromatic rings. The quantitative estimate of drug-likeness (QED) is 0.894. The molecule has 19 heavy (non-hydrogen) atoms. The Morgan fingerprint density at radius 2 is 2.05 bits per heavy atom. The minimum atomic E-state index is -4.39. The summed E-state index contributed by atoms with van der Waals surface area (Å²) in [6.45, 7) is 1.38. The second-order valence-electron chi connectivity index (χ2n) is 4.01. The van der Waals surface area contributed by atoms with Crippen LogP contribution in [0.3, 0.4) is 0 Å². The van der Waals surface area contributed by atoms with E-state index in [1.165, 1.54) is 24.1 Å². The number of carbonyl (C=O) groups excluding carboxylic acids is 1. The van der Waals surface area contributed by atoms with Crippen molar-refractivity contribution in [2.75, 3.05) is 5.01 Å². The van der Waals surface area contributed by atoms with Gasteiger partial charge in [-0.3, -0.25) is 15.2 Å². The van der Waals surface area contributed by atoms with E-state index in [2.05, 4.69) is 5.43 Å². The number of nitrogens with zero attached hydrogens (tertiary/aromatic N) is 1. The van der Waals surface area contributed by atoms with Gasteiger partial charge in [-0.15, -0.1) is 0 Å². The Morgan fingerprint density at radius 1 is 1.32 bits per heavy atom. The van der Waals surface area contributed by atoms with Gasteiger partial charge in [0.1, 0.15) is 0 Å². The van der Waals surface area contributed by atoms with Crippen molar-refractivity contribution in [1.82, 2.24) is 5.43 Å². The van der Waals surface area contributed by atoms with Crippen LogP contribution in [0.5, 0.6) is 0 Å². The molecule has 2 rings (SSSR count). The molecule has 1 heterocycles. The summed E-state index contributed by atoms with van der Waals surface area (Å²) in [4.78, 5) is 11.2. The Labute approximate surface area is 108 Å². The van der Waals surface area contributed by atoms with Crippen LogP contribution in [0.15, 0.2) is 48.3 Å². The molecule has 0 fully saturated rings. The lowest BCUT2D eigenvalue weighted by Crippen LogP contribution is -2.36. The van der Waals surface area contributed by atoms with E-state index in [1.54, 1.807) is 18.4 Å². The van der Waals surface area contributed by atoms with Crippen molar-refractivity contribution >= 4 is 11.5 Å². The van der Waals surface area contributed by atoms with Crippen LogP contribution in [0, 0.1) is 0 Å². The Balaban J connectivity index is 2.27. The minimum absolute atomic E-state index is 0.193. The van der Waals surface area contributed by atoms with Crippen LogP contribution in [-0.4, -0.2) is 5.78 Å². The summed E-state index contributed by atoms with van der Waals surface area (Å²) in [7, 11) is 0. The summed E-state index contributed by atoms with van der Waals surface area (Å²) < 4.78 is 37.9. The standard InChI is InChI=1S/C13H11F3N2O/c1-9(19)12-6-3-7-18(17-12)11-5-2-4-10(8-11)13(14,15)16/h2-8,17H,1H3. The van der Waals surface area contributed by atoms with Gasteiger partial charge in [-0.2, -0.15) is 13.2 Å². The number of ketones is 1. The zero-order valence-corrected chi connectivity index (χ0v) is 10.0. The van der Waals surface area contributed by atoms with Gasteiger partial charge in [0.15, 0.2) is 5.78 Å². The van der Waals surface area contributed by atoms with E-state index < -0.39 is 11.7 Å². The van der Waals surface area contributed by atoms with Crippen LogP contribution in [0.25, 0.3) is 0 Å². The summed E-state index contributed by atoms with van der Waals surface area (Å²) in [6, 6.07) is 4.86. The number of hydrogen-bond donors (Lipinski definition) is 1. The van der Waals surface area contributed by atoms with E-state index in [1.807, 2.05) is 0 Å². The lowest BCUT2D eigenvalue weighted by atomic mass is 10.2. The Morgan fingerprint density at radius 3 is 2.68 bits per heavy atom. The Hall–Kier alpha value is -2.24. The van der Waals surface area contributed by atoms with E-state index in [0.717, 1.165) is 12.1 Å². The predicted octanol–water partition coefficient (Wildman–Crippen LogP) is 3.02. The predicted molar refractivity (Wildman–Crippen MR) is 65.0 cm³/mol. The molecule has 3 nitrogen and oxygen atoms in total. The van der Waals surface area contributed by atoms with Crippen molar-refractivity contribution in [2.24, 2.45) is 0 Å². The first-order chi connectivity index (χ1) is 8.88. The summed E-state index contributed by atoms with van der Waals surface area (Å²) in [6.07, 6.45) is 0.302. The monoisotopic (exact) mass is 268 g/mol. The smallest absolute Gasteiger partial charge is 0.293 e. The molecule has 0 unspecified atom stereocenters. The molecule has 0 bridgehead atoms. The van der Waals surface area contributed by atoms with Crippen molar-refractivity contribution in [2.45, 2.75) is 13.1 Å². The number of nitrogens with one attached hydrogen (secondary N) is 1. The lowest BCUT2D eigenvalue weighted by Gasteiger charge is -2.26. The number of allylic oxidation sites excluding steroid dienone is 3. The van der Waals surface area contributed by atoms with Gasteiger partial charge in [-0.05, 0) is 30.4 Å². The molecule has 0 aromatic heterocycles. The molecule has 1 aromatic carbocycles. The second-order valence-corrected chi connectivity index (χ2v) is 4.01. The molecule has 0 radical (unpaired) electrons. The maximum atomic E-state index is 12.6. The molecule has 1 N–H and O–H groups in total. The normalized spacial score (nSPS) is 14.9. The van der Waals surface area contributed by atoms with E-state index in [0.29, 0.717) is 11.4 Å². The molecular weight excluding hydrogens is 257 g/mol. The number of hydrazine groups is 1. The van der Waals surface area contributed by atoms with Crippen LogP contribution < -0.4 is 10.4 Å². The van der Waals surface area contributed by atoms with Gasteiger partial charge in [0.05, 0.1) is 16.9 Å². The lowest BCUT2D eigenvalue weighted by molar-refractivity contribution is -0.137. The van der Waals surface area contributed by atoms with Gasteiger partial charge >= 0.3 is 6.18 Å². The highest BCUT2D eigenvalue weighted by Crippen LogP contribution is 2.31. The topological polar surface area (TPSA) is 32.3 Å². The van der Waals surface area contributed by atoms with E-state index >= 15 is 0 Å². The molecular formula is C13H11F3N2O. The summed E-state index contributed by atoms with van der Waals surface area (Å²) in [5.41, 5.74) is 2.62. The third kappa shape index (κ3) is 2.96. The van der Waals surface area contributed by atoms with Gasteiger partial charge in [0, 0.05) is 13.1 Å². The van der Waals surface area contributed by atoms with Crippen LogP contribution in [0.1, 0.15) is 12.5 Å². The molecule has 0 aliphatic carbocycles. The highest BCUT2D eigenvalue weighted by atomic mass is 19.4. The molecule has 1 aliphatic rings. The van der Waals surface area contributed by atoms with E-state index in [4.69, 9.17) is 0 Å².